The minimum absolute atomic E-state index is 0.0213. The van der Waals surface area contributed by atoms with E-state index < -0.39 is 36.0 Å². The Labute approximate surface area is 182 Å². The van der Waals surface area contributed by atoms with Crippen LogP contribution in [0.15, 0.2) is 17.7 Å². The number of carbonyl (C=O) groups is 2. The van der Waals surface area contributed by atoms with Crippen LogP contribution in [0.2, 0.25) is 5.15 Å². The predicted octanol–water partition coefficient (Wildman–Crippen LogP) is 3.97. The Morgan fingerprint density at radius 3 is 2.33 bits per heavy atom. The summed E-state index contributed by atoms with van der Waals surface area (Å²) in [6.45, 7) is 12.9. The van der Waals surface area contributed by atoms with Gasteiger partial charge in [-0.2, -0.15) is 0 Å². The van der Waals surface area contributed by atoms with Crippen LogP contribution in [0.5, 0.6) is 0 Å². The van der Waals surface area contributed by atoms with Crippen LogP contribution in [0, 0.1) is 0 Å². The molecule has 2 N–H and O–H groups in total. The van der Waals surface area contributed by atoms with Crippen molar-refractivity contribution in [1.29, 1.82) is 0 Å². The molecule has 164 valence electrons. The number of nitrogens with zero attached hydrogens (tertiary/aromatic N) is 1. The van der Waals surface area contributed by atoms with Gasteiger partial charge in [0, 0.05) is 18.3 Å². The van der Waals surface area contributed by atoms with E-state index in [1.807, 2.05) is 27.7 Å². The zero-order chi connectivity index (χ0) is 22.9. The van der Waals surface area contributed by atoms with Crippen molar-refractivity contribution in [3.05, 3.63) is 34.0 Å². The summed E-state index contributed by atoms with van der Waals surface area (Å²) in [4.78, 5) is 27.7. The number of amides is 1. The van der Waals surface area contributed by atoms with Gasteiger partial charge in [-0.15, -0.1) is 0 Å². The number of ether oxygens (including phenoxy) is 1. The Balaban J connectivity index is 2.39. The number of hydrogen-bond acceptors (Lipinski definition) is 6. The summed E-state index contributed by atoms with van der Waals surface area (Å²) in [5.74, 6) is -1.15. The van der Waals surface area contributed by atoms with Crippen LogP contribution in [-0.2, 0) is 14.0 Å². The van der Waals surface area contributed by atoms with E-state index in [-0.39, 0.29) is 17.3 Å². The van der Waals surface area contributed by atoms with Crippen LogP contribution in [-0.4, -0.2) is 52.6 Å². The number of halogens is 1. The van der Waals surface area contributed by atoms with Gasteiger partial charge in [-0.05, 0) is 60.0 Å². The van der Waals surface area contributed by atoms with Gasteiger partial charge in [0.25, 0.3) is 0 Å². The lowest BCUT2D eigenvalue weighted by Gasteiger charge is -2.32. The van der Waals surface area contributed by atoms with Crippen molar-refractivity contribution in [2.45, 2.75) is 65.3 Å². The molecule has 2 heterocycles. The third kappa shape index (κ3) is 5.96. The summed E-state index contributed by atoms with van der Waals surface area (Å²) in [5.41, 5.74) is -1.10. The van der Waals surface area contributed by atoms with Gasteiger partial charge in [-0.1, -0.05) is 17.7 Å². The molecular formula is C20H28BClN2O6. The molecule has 0 aliphatic carbocycles. The van der Waals surface area contributed by atoms with Gasteiger partial charge in [0.15, 0.2) is 0 Å². The van der Waals surface area contributed by atoms with Crippen LogP contribution < -0.4 is 5.32 Å². The largest absolute Gasteiger partial charge is 0.492 e. The van der Waals surface area contributed by atoms with Crippen molar-refractivity contribution in [3.63, 3.8) is 0 Å². The van der Waals surface area contributed by atoms with Gasteiger partial charge in [-0.3, -0.25) is 0 Å². The molecule has 1 aromatic rings. The molecule has 1 saturated heterocycles. The molecule has 0 bridgehead atoms. The second-order valence-corrected chi connectivity index (χ2v) is 9.45. The lowest BCUT2D eigenvalue weighted by atomic mass is 9.76. The highest BCUT2D eigenvalue weighted by atomic mass is 35.5. The zero-order valence-corrected chi connectivity index (χ0v) is 19.1. The van der Waals surface area contributed by atoms with Gasteiger partial charge in [0.05, 0.1) is 16.8 Å². The molecule has 0 aromatic carbocycles. The summed E-state index contributed by atoms with van der Waals surface area (Å²) in [7, 11) is -0.803. The predicted molar refractivity (Wildman–Crippen MR) is 115 cm³/mol. The number of aromatic carboxylic acids is 1. The zero-order valence-electron chi connectivity index (χ0n) is 18.3. The molecule has 1 aromatic heterocycles. The van der Waals surface area contributed by atoms with E-state index in [9.17, 15) is 14.7 Å². The maximum absolute atomic E-state index is 12.1. The summed E-state index contributed by atoms with van der Waals surface area (Å²) in [5, 5.41) is 12.2. The topological polar surface area (TPSA) is 107 Å². The highest BCUT2D eigenvalue weighted by molar-refractivity contribution is 6.56. The third-order valence-electron chi connectivity index (χ3n) is 4.86. The first kappa shape index (κ1) is 24.2. The van der Waals surface area contributed by atoms with Crippen LogP contribution in [0.4, 0.5) is 4.79 Å². The minimum atomic E-state index is -1.15. The number of nitrogens with one attached hydrogen (secondary N) is 1. The molecule has 0 atom stereocenters. The Kier molecular flexibility index (Phi) is 6.90. The van der Waals surface area contributed by atoms with Crippen LogP contribution in [0.25, 0.3) is 6.08 Å². The molecule has 0 radical (unpaired) electrons. The molecule has 1 amide bonds. The van der Waals surface area contributed by atoms with E-state index in [0.29, 0.717) is 11.0 Å². The molecular weight excluding hydrogens is 410 g/mol. The number of carbonyl (C=O) groups excluding carboxylic acids is 1. The van der Waals surface area contributed by atoms with E-state index in [1.165, 1.54) is 12.3 Å². The monoisotopic (exact) mass is 438 g/mol. The molecule has 1 fully saturated rings. The SMILES string of the molecule is CC(C)(C)OC(=O)NCC(=Cc1cnc(Cl)cc1C(=O)O)B1OC(C)(C)C(C)(C)O1. The first-order valence-electron chi connectivity index (χ1n) is 9.53. The van der Waals surface area contributed by atoms with Crippen molar-refractivity contribution in [3.8, 4) is 0 Å². The molecule has 1 aliphatic rings. The number of alkyl carbamates (subject to hydrolysis) is 1. The van der Waals surface area contributed by atoms with Crippen molar-refractivity contribution >= 4 is 36.9 Å². The first-order valence-corrected chi connectivity index (χ1v) is 9.91. The van der Waals surface area contributed by atoms with Gasteiger partial charge >= 0.3 is 19.2 Å². The number of carboxylic acids is 1. The molecule has 1 aliphatic heterocycles. The Morgan fingerprint density at radius 1 is 1.27 bits per heavy atom. The van der Waals surface area contributed by atoms with E-state index in [0.717, 1.165) is 0 Å². The van der Waals surface area contributed by atoms with Crippen molar-refractivity contribution in [1.82, 2.24) is 10.3 Å². The fraction of sp³-hybridized carbons (Fsp3) is 0.550. The van der Waals surface area contributed by atoms with E-state index in [2.05, 4.69) is 10.3 Å². The highest BCUT2D eigenvalue weighted by Crippen LogP contribution is 2.38. The maximum Gasteiger partial charge on any atom is 0.492 e. The van der Waals surface area contributed by atoms with Crippen LogP contribution >= 0.6 is 11.6 Å². The van der Waals surface area contributed by atoms with Crippen molar-refractivity contribution < 1.29 is 28.7 Å². The molecule has 0 spiro atoms. The smallest absolute Gasteiger partial charge is 0.478 e. The third-order valence-corrected chi connectivity index (χ3v) is 5.07. The van der Waals surface area contributed by atoms with Gasteiger partial charge in [-0.25, -0.2) is 14.6 Å². The molecule has 2 rings (SSSR count). The highest BCUT2D eigenvalue weighted by Gasteiger charge is 2.52. The standard InChI is InChI=1S/C20H28BClN2O6/c1-18(2,3)28-17(27)24-11-13(21-29-19(4,5)20(6,7)30-21)8-12-10-23-15(22)9-14(12)16(25)26/h8-10H,11H2,1-7H3,(H,24,27)(H,25,26). The fourth-order valence-electron chi connectivity index (χ4n) is 2.63. The fourth-order valence-corrected chi connectivity index (χ4v) is 2.78. The number of rotatable bonds is 5. The van der Waals surface area contributed by atoms with E-state index in [1.54, 1.807) is 26.8 Å². The van der Waals surface area contributed by atoms with Crippen LogP contribution in [0.1, 0.15) is 64.4 Å². The molecule has 0 saturated carbocycles. The van der Waals surface area contributed by atoms with Gasteiger partial charge < -0.3 is 24.5 Å². The van der Waals surface area contributed by atoms with Crippen molar-refractivity contribution in [2.75, 3.05) is 6.54 Å². The van der Waals surface area contributed by atoms with Crippen LogP contribution in [0.3, 0.4) is 0 Å². The summed E-state index contributed by atoms with van der Waals surface area (Å²) >= 11 is 5.85. The van der Waals surface area contributed by atoms with Gasteiger partial charge in [0.1, 0.15) is 10.8 Å². The maximum atomic E-state index is 12.1. The average Bonchev–Trinajstić information content (AvgIpc) is 2.78. The second-order valence-electron chi connectivity index (χ2n) is 9.06. The lowest BCUT2D eigenvalue weighted by Crippen LogP contribution is -2.41. The quantitative estimate of drug-likeness (QED) is 0.529. The number of hydrogen-bond donors (Lipinski definition) is 2. The number of aromatic nitrogens is 1. The second kappa shape index (κ2) is 8.57. The molecule has 8 nitrogen and oxygen atoms in total. The Morgan fingerprint density at radius 2 is 1.83 bits per heavy atom. The van der Waals surface area contributed by atoms with Crippen molar-refractivity contribution in [2.24, 2.45) is 0 Å². The van der Waals surface area contributed by atoms with E-state index >= 15 is 0 Å². The normalized spacial score (nSPS) is 18.3. The molecule has 0 unspecified atom stereocenters. The first-order chi connectivity index (χ1) is 13.6. The summed E-state index contributed by atoms with van der Waals surface area (Å²) in [6.07, 6.45) is 2.31. The van der Waals surface area contributed by atoms with Gasteiger partial charge in [0.2, 0.25) is 0 Å². The number of pyridine rings is 1. The molecule has 30 heavy (non-hydrogen) atoms. The lowest BCUT2D eigenvalue weighted by molar-refractivity contribution is 0.00578. The Bertz CT molecular complexity index is 847. The Hall–Kier alpha value is -2.10. The molecule has 10 heteroatoms. The minimum Gasteiger partial charge on any atom is -0.478 e. The number of carboxylic acid groups (broad SMARTS) is 1. The van der Waals surface area contributed by atoms with E-state index in [4.69, 9.17) is 25.6 Å². The summed E-state index contributed by atoms with van der Waals surface area (Å²) < 4.78 is 17.4. The average molecular weight is 439 g/mol. The summed E-state index contributed by atoms with van der Waals surface area (Å²) in [6, 6.07) is 1.26.